The van der Waals surface area contributed by atoms with E-state index in [2.05, 4.69) is 4.74 Å². The first-order chi connectivity index (χ1) is 7.61. The van der Waals surface area contributed by atoms with Gasteiger partial charge in [0.15, 0.2) is 0 Å². The van der Waals surface area contributed by atoms with Gasteiger partial charge in [0, 0.05) is 5.02 Å². The zero-order valence-corrected chi connectivity index (χ0v) is 9.08. The molecule has 0 N–H and O–H groups in total. The molecule has 0 unspecified atom stereocenters. The van der Waals surface area contributed by atoms with Gasteiger partial charge in [-0.25, -0.2) is 9.59 Å². The number of carbonyl (C=O) groups excluding carboxylic acids is 1. The maximum Gasteiger partial charge on any atom is 0.374 e. The monoisotopic (exact) mass is 238 g/mol. The number of methoxy groups -OCH3 is 1. The van der Waals surface area contributed by atoms with E-state index in [0.29, 0.717) is 15.8 Å². The van der Waals surface area contributed by atoms with Crippen molar-refractivity contribution in [3.63, 3.8) is 0 Å². The molecule has 0 aliphatic rings. The highest BCUT2D eigenvalue weighted by atomic mass is 35.5. The van der Waals surface area contributed by atoms with Crippen molar-refractivity contribution in [3.05, 3.63) is 45.5 Å². The van der Waals surface area contributed by atoms with E-state index in [1.165, 1.54) is 13.2 Å². The van der Waals surface area contributed by atoms with Crippen LogP contribution in [-0.4, -0.2) is 13.1 Å². The van der Waals surface area contributed by atoms with E-state index in [0.717, 1.165) is 0 Å². The Kier molecular flexibility index (Phi) is 2.66. The molecule has 1 aromatic carbocycles. The third-order valence-corrected chi connectivity index (χ3v) is 2.34. The van der Waals surface area contributed by atoms with Crippen LogP contribution in [0.3, 0.4) is 0 Å². The van der Waals surface area contributed by atoms with Gasteiger partial charge in [-0.3, -0.25) is 0 Å². The normalized spacial score (nSPS) is 10.4. The minimum atomic E-state index is -0.695. The van der Waals surface area contributed by atoms with Gasteiger partial charge in [-0.1, -0.05) is 11.6 Å². The summed E-state index contributed by atoms with van der Waals surface area (Å²) in [6.07, 6.45) is 0. The Balaban J connectivity index is 2.75. The van der Waals surface area contributed by atoms with Crippen molar-refractivity contribution in [1.82, 2.24) is 0 Å². The molecule has 82 valence electrons. The fraction of sp³-hybridized carbons (Fsp3) is 0.0909. The molecule has 2 aromatic rings. The average Bonchev–Trinajstić information content (AvgIpc) is 2.27. The molecule has 0 aliphatic carbocycles. The van der Waals surface area contributed by atoms with Crippen LogP contribution < -0.4 is 5.63 Å². The van der Waals surface area contributed by atoms with Crippen LogP contribution in [0.5, 0.6) is 0 Å². The predicted molar refractivity (Wildman–Crippen MR) is 58.8 cm³/mol. The number of carbonyl (C=O) groups is 1. The molecule has 0 aliphatic heterocycles. The minimum Gasteiger partial charge on any atom is -0.463 e. The largest absolute Gasteiger partial charge is 0.463 e. The Morgan fingerprint density at radius 1 is 1.38 bits per heavy atom. The van der Waals surface area contributed by atoms with E-state index in [-0.39, 0.29) is 5.76 Å². The number of ether oxygens (including phenoxy) is 1. The van der Waals surface area contributed by atoms with Crippen molar-refractivity contribution in [1.29, 1.82) is 0 Å². The molecule has 0 saturated heterocycles. The molecule has 0 radical (unpaired) electrons. The van der Waals surface area contributed by atoms with Crippen molar-refractivity contribution >= 4 is 28.3 Å². The quantitative estimate of drug-likeness (QED) is 0.715. The lowest BCUT2D eigenvalue weighted by atomic mass is 10.2. The first kappa shape index (κ1) is 10.7. The number of hydrogen-bond donors (Lipinski definition) is 0. The Hall–Kier alpha value is -1.81. The van der Waals surface area contributed by atoms with E-state index >= 15 is 0 Å². The molecule has 0 amide bonds. The summed E-state index contributed by atoms with van der Waals surface area (Å²) in [5.41, 5.74) is -0.588. The molecule has 16 heavy (non-hydrogen) atoms. The maximum absolute atomic E-state index is 11.5. The summed E-state index contributed by atoms with van der Waals surface area (Å²) < 4.78 is 9.28. The van der Waals surface area contributed by atoms with Crippen LogP contribution in [0.4, 0.5) is 0 Å². The third kappa shape index (κ3) is 1.79. The van der Waals surface area contributed by atoms with E-state index in [9.17, 15) is 9.59 Å². The Labute approximate surface area is 95.4 Å². The SMILES string of the molecule is COC(=O)c1cc2cc(Cl)ccc2c(=O)o1. The summed E-state index contributed by atoms with van der Waals surface area (Å²) in [6.45, 7) is 0. The molecule has 0 bridgehead atoms. The molecule has 0 fully saturated rings. The summed E-state index contributed by atoms with van der Waals surface area (Å²) in [5, 5.41) is 1.40. The lowest BCUT2D eigenvalue weighted by molar-refractivity contribution is 0.0560. The lowest BCUT2D eigenvalue weighted by Gasteiger charge is -2.00. The van der Waals surface area contributed by atoms with Crippen LogP contribution in [0, 0.1) is 0 Å². The minimum absolute atomic E-state index is 0.137. The second kappa shape index (κ2) is 3.98. The van der Waals surface area contributed by atoms with Gasteiger partial charge in [-0.2, -0.15) is 0 Å². The zero-order valence-electron chi connectivity index (χ0n) is 8.32. The zero-order chi connectivity index (χ0) is 11.7. The summed E-state index contributed by atoms with van der Waals surface area (Å²) in [6, 6.07) is 6.14. The third-order valence-electron chi connectivity index (χ3n) is 2.11. The van der Waals surface area contributed by atoms with Crippen LogP contribution in [0.1, 0.15) is 10.6 Å². The van der Waals surface area contributed by atoms with Crippen molar-refractivity contribution in [2.75, 3.05) is 7.11 Å². The highest BCUT2D eigenvalue weighted by Crippen LogP contribution is 2.18. The standard InChI is InChI=1S/C11H7ClO4/c1-15-11(14)9-5-6-4-7(12)2-3-8(6)10(13)16-9/h2-5H,1H3. The number of halogens is 1. The van der Waals surface area contributed by atoms with Gasteiger partial charge in [-0.15, -0.1) is 0 Å². The molecule has 2 rings (SSSR count). The van der Waals surface area contributed by atoms with Crippen molar-refractivity contribution in [2.24, 2.45) is 0 Å². The molecule has 1 heterocycles. The number of hydrogen-bond acceptors (Lipinski definition) is 4. The lowest BCUT2D eigenvalue weighted by Crippen LogP contribution is -2.08. The van der Waals surface area contributed by atoms with Gasteiger partial charge in [0.05, 0.1) is 12.5 Å². The molecular formula is C11H7ClO4. The topological polar surface area (TPSA) is 56.5 Å². The maximum atomic E-state index is 11.5. The first-order valence-electron chi connectivity index (χ1n) is 4.43. The van der Waals surface area contributed by atoms with E-state index in [1.807, 2.05) is 0 Å². The summed E-state index contributed by atoms with van der Waals surface area (Å²) in [7, 11) is 1.21. The molecule has 0 atom stereocenters. The highest BCUT2D eigenvalue weighted by molar-refractivity contribution is 6.31. The Morgan fingerprint density at radius 2 is 2.12 bits per heavy atom. The second-order valence-corrected chi connectivity index (χ2v) is 3.56. The number of esters is 1. The van der Waals surface area contributed by atoms with E-state index < -0.39 is 11.6 Å². The molecule has 1 aromatic heterocycles. The van der Waals surface area contributed by atoms with Crippen LogP contribution in [0.15, 0.2) is 33.5 Å². The van der Waals surface area contributed by atoms with Crippen LogP contribution in [0.25, 0.3) is 10.8 Å². The van der Waals surface area contributed by atoms with Crippen LogP contribution in [0.2, 0.25) is 5.02 Å². The van der Waals surface area contributed by atoms with Gasteiger partial charge in [0.25, 0.3) is 0 Å². The van der Waals surface area contributed by atoms with Gasteiger partial charge < -0.3 is 9.15 Å². The Morgan fingerprint density at radius 3 is 2.81 bits per heavy atom. The van der Waals surface area contributed by atoms with Gasteiger partial charge in [-0.05, 0) is 29.7 Å². The van der Waals surface area contributed by atoms with Gasteiger partial charge >= 0.3 is 11.6 Å². The second-order valence-electron chi connectivity index (χ2n) is 3.12. The van der Waals surface area contributed by atoms with Gasteiger partial charge in [0.1, 0.15) is 0 Å². The summed E-state index contributed by atoms with van der Waals surface area (Å²) in [4.78, 5) is 22.7. The highest BCUT2D eigenvalue weighted by Gasteiger charge is 2.12. The van der Waals surface area contributed by atoms with E-state index in [4.69, 9.17) is 16.0 Å². The molecule has 0 saturated carbocycles. The number of fused-ring (bicyclic) bond motifs is 1. The van der Waals surface area contributed by atoms with Gasteiger partial charge in [0.2, 0.25) is 5.76 Å². The summed E-state index contributed by atoms with van der Waals surface area (Å²) >= 11 is 5.79. The summed E-state index contributed by atoms with van der Waals surface area (Å²) in [5.74, 6) is -0.832. The average molecular weight is 239 g/mol. The molecule has 4 nitrogen and oxygen atoms in total. The molecular weight excluding hydrogens is 232 g/mol. The Bertz CT molecular complexity index is 615. The van der Waals surface area contributed by atoms with Crippen LogP contribution in [-0.2, 0) is 4.74 Å². The fourth-order valence-electron chi connectivity index (χ4n) is 1.37. The van der Waals surface area contributed by atoms with Crippen molar-refractivity contribution in [2.45, 2.75) is 0 Å². The number of rotatable bonds is 1. The van der Waals surface area contributed by atoms with E-state index in [1.54, 1.807) is 18.2 Å². The van der Waals surface area contributed by atoms with Crippen molar-refractivity contribution < 1.29 is 13.9 Å². The van der Waals surface area contributed by atoms with Crippen molar-refractivity contribution in [3.8, 4) is 0 Å². The smallest absolute Gasteiger partial charge is 0.374 e. The molecule has 0 spiro atoms. The fourth-order valence-corrected chi connectivity index (χ4v) is 1.55. The van der Waals surface area contributed by atoms with Crippen LogP contribution >= 0.6 is 11.6 Å². The predicted octanol–water partition coefficient (Wildman–Crippen LogP) is 2.23. The number of benzene rings is 1. The molecule has 5 heteroatoms. The first-order valence-corrected chi connectivity index (χ1v) is 4.81.